The van der Waals surface area contributed by atoms with Gasteiger partial charge in [-0.25, -0.2) is 0 Å². The standard InChI is InChI=1S/C16H23N3O2/c17-14-6-1-7-15-13(14)5-2-8-19(15)16(20)11-18-10-12-4-3-9-21-12/h1,6-7,12,18H,2-5,8-11,17H2. The van der Waals surface area contributed by atoms with E-state index >= 15 is 0 Å². The van der Waals surface area contributed by atoms with Gasteiger partial charge in [0, 0.05) is 31.1 Å². The molecule has 1 aromatic rings. The summed E-state index contributed by atoms with van der Waals surface area (Å²) < 4.78 is 5.55. The lowest BCUT2D eigenvalue weighted by Gasteiger charge is -2.30. The summed E-state index contributed by atoms with van der Waals surface area (Å²) in [7, 11) is 0. The Morgan fingerprint density at radius 3 is 3.14 bits per heavy atom. The molecule has 1 fully saturated rings. The first-order chi connectivity index (χ1) is 10.3. The molecule has 1 amide bonds. The minimum Gasteiger partial charge on any atom is -0.398 e. The van der Waals surface area contributed by atoms with Gasteiger partial charge in [-0.1, -0.05) is 6.07 Å². The molecular formula is C16H23N3O2. The third-order valence-corrected chi connectivity index (χ3v) is 4.26. The molecule has 1 unspecified atom stereocenters. The molecule has 3 rings (SSSR count). The molecular weight excluding hydrogens is 266 g/mol. The first-order valence-electron chi connectivity index (χ1n) is 7.76. The van der Waals surface area contributed by atoms with Crippen LogP contribution < -0.4 is 16.0 Å². The van der Waals surface area contributed by atoms with Gasteiger partial charge in [0.05, 0.1) is 12.6 Å². The Bertz CT molecular complexity index is 512. The molecule has 1 aromatic carbocycles. The summed E-state index contributed by atoms with van der Waals surface area (Å²) in [4.78, 5) is 14.3. The highest BCUT2D eigenvalue weighted by Crippen LogP contribution is 2.31. The lowest BCUT2D eigenvalue weighted by molar-refractivity contribution is -0.117. The van der Waals surface area contributed by atoms with Crippen LogP contribution in [0.25, 0.3) is 0 Å². The number of rotatable bonds is 4. The van der Waals surface area contributed by atoms with E-state index in [1.54, 1.807) is 0 Å². The monoisotopic (exact) mass is 289 g/mol. The first-order valence-corrected chi connectivity index (χ1v) is 7.76. The van der Waals surface area contributed by atoms with Crippen molar-refractivity contribution >= 4 is 17.3 Å². The zero-order chi connectivity index (χ0) is 14.7. The van der Waals surface area contributed by atoms with Crippen LogP contribution in [0, 0.1) is 0 Å². The number of fused-ring (bicyclic) bond motifs is 1. The molecule has 0 radical (unpaired) electrons. The van der Waals surface area contributed by atoms with Gasteiger partial charge in [-0.2, -0.15) is 0 Å². The van der Waals surface area contributed by atoms with Gasteiger partial charge in [-0.3, -0.25) is 4.79 Å². The van der Waals surface area contributed by atoms with Gasteiger partial charge in [0.2, 0.25) is 5.91 Å². The third-order valence-electron chi connectivity index (χ3n) is 4.26. The molecule has 2 aliphatic rings. The van der Waals surface area contributed by atoms with Crippen LogP contribution in [0.5, 0.6) is 0 Å². The fraction of sp³-hybridized carbons (Fsp3) is 0.562. The van der Waals surface area contributed by atoms with Crippen molar-refractivity contribution in [2.75, 3.05) is 36.9 Å². The highest BCUT2D eigenvalue weighted by Gasteiger charge is 2.23. The average Bonchev–Trinajstić information content (AvgIpc) is 3.00. The van der Waals surface area contributed by atoms with E-state index in [9.17, 15) is 4.79 Å². The van der Waals surface area contributed by atoms with Gasteiger partial charge in [0.25, 0.3) is 0 Å². The van der Waals surface area contributed by atoms with Gasteiger partial charge < -0.3 is 20.7 Å². The SMILES string of the molecule is Nc1cccc2c1CCCN2C(=O)CNCC1CCCO1. The number of anilines is 2. The van der Waals surface area contributed by atoms with E-state index in [1.165, 1.54) is 0 Å². The van der Waals surface area contributed by atoms with Gasteiger partial charge >= 0.3 is 0 Å². The second-order valence-electron chi connectivity index (χ2n) is 5.76. The Labute approximate surface area is 125 Å². The van der Waals surface area contributed by atoms with Gasteiger partial charge in [0.1, 0.15) is 0 Å². The normalized spacial score (nSPS) is 21.3. The number of hydrogen-bond acceptors (Lipinski definition) is 4. The van der Waals surface area contributed by atoms with Gasteiger partial charge in [-0.05, 0) is 43.4 Å². The number of nitrogens with two attached hydrogens (primary N) is 1. The van der Waals surface area contributed by atoms with Crippen molar-refractivity contribution in [3.63, 3.8) is 0 Å². The van der Waals surface area contributed by atoms with Gasteiger partial charge in [0.15, 0.2) is 0 Å². The summed E-state index contributed by atoms with van der Waals surface area (Å²) in [6.45, 7) is 2.73. The predicted octanol–water partition coefficient (Wildman–Crippen LogP) is 1.32. The van der Waals surface area contributed by atoms with E-state index in [-0.39, 0.29) is 12.0 Å². The molecule has 5 heteroatoms. The smallest absolute Gasteiger partial charge is 0.240 e. The minimum absolute atomic E-state index is 0.111. The van der Waals surface area contributed by atoms with Crippen LogP contribution in [0.1, 0.15) is 24.8 Å². The van der Waals surface area contributed by atoms with Crippen LogP contribution in [-0.4, -0.2) is 38.3 Å². The molecule has 0 aromatic heterocycles. The Morgan fingerprint density at radius 2 is 2.33 bits per heavy atom. The Hall–Kier alpha value is -1.59. The number of hydrogen-bond donors (Lipinski definition) is 2. The molecule has 1 atom stereocenters. The van der Waals surface area contributed by atoms with Crippen molar-refractivity contribution in [3.05, 3.63) is 23.8 Å². The van der Waals surface area contributed by atoms with E-state index in [0.29, 0.717) is 6.54 Å². The van der Waals surface area contributed by atoms with E-state index in [1.807, 2.05) is 23.1 Å². The number of nitrogens with zero attached hydrogens (tertiary/aromatic N) is 1. The third kappa shape index (κ3) is 3.19. The van der Waals surface area contributed by atoms with Crippen LogP contribution in [0.15, 0.2) is 18.2 Å². The molecule has 2 aliphatic heterocycles. The summed E-state index contributed by atoms with van der Waals surface area (Å²) in [5, 5.41) is 3.22. The van der Waals surface area contributed by atoms with Crippen molar-refractivity contribution in [1.82, 2.24) is 5.32 Å². The largest absolute Gasteiger partial charge is 0.398 e. The quantitative estimate of drug-likeness (QED) is 0.820. The predicted molar refractivity (Wildman–Crippen MR) is 83.4 cm³/mol. The Balaban J connectivity index is 1.59. The maximum atomic E-state index is 12.4. The number of nitrogen functional groups attached to an aromatic ring is 1. The summed E-state index contributed by atoms with van der Waals surface area (Å²) in [6, 6.07) is 5.81. The maximum Gasteiger partial charge on any atom is 0.240 e. The topological polar surface area (TPSA) is 67.6 Å². The highest BCUT2D eigenvalue weighted by atomic mass is 16.5. The van der Waals surface area contributed by atoms with Crippen molar-refractivity contribution < 1.29 is 9.53 Å². The Kier molecular flexibility index (Phi) is 4.41. The summed E-state index contributed by atoms with van der Waals surface area (Å²) >= 11 is 0. The van der Waals surface area contributed by atoms with Crippen LogP contribution in [-0.2, 0) is 16.0 Å². The number of amides is 1. The fourth-order valence-corrected chi connectivity index (χ4v) is 3.15. The second kappa shape index (κ2) is 6.45. The van der Waals surface area contributed by atoms with Crippen LogP contribution in [0.3, 0.4) is 0 Å². The molecule has 1 saturated heterocycles. The zero-order valence-corrected chi connectivity index (χ0v) is 12.3. The van der Waals surface area contributed by atoms with Crippen molar-refractivity contribution in [2.45, 2.75) is 31.8 Å². The number of ether oxygens (including phenoxy) is 1. The molecule has 114 valence electrons. The van der Waals surface area contributed by atoms with E-state index in [2.05, 4.69) is 5.32 Å². The minimum atomic E-state index is 0.111. The first kappa shape index (κ1) is 14.4. The molecule has 3 N–H and O–H groups in total. The number of carbonyl (C=O) groups excluding carboxylic acids is 1. The molecule has 0 aliphatic carbocycles. The average molecular weight is 289 g/mol. The number of nitrogens with one attached hydrogen (secondary N) is 1. The summed E-state index contributed by atoms with van der Waals surface area (Å²) in [6.07, 6.45) is 4.40. The summed E-state index contributed by atoms with van der Waals surface area (Å²) in [5.41, 5.74) is 8.89. The molecule has 0 spiro atoms. The highest BCUT2D eigenvalue weighted by molar-refractivity contribution is 5.96. The molecule has 2 heterocycles. The fourth-order valence-electron chi connectivity index (χ4n) is 3.15. The molecule has 0 saturated carbocycles. The lowest BCUT2D eigenvalue weighted by Crippen LogP contribution is -2.42. The number of benzene rings is 1. The second-order valence-corrected chi connectivity index (χ2v) is 5.76. The van der Waals surface area contributed by atoms with Gasteiger partial charge in [-0.15, -0.1) is 0 Å². The van der Waals surface area contributed by atoms with E-state index in [4.69, 9.17) is 10.5 Å². The van der Waals surface area contributed by atoms with Crippen LogP contribution in [0.4, 0.5) is 11.4 Å². The molecule has 0 bridgehead atoms. The zero-order valence-electron chi connectivity index (χ0n) is 12.3. The summed E-state index contributed by atoms with van der Waals surface area (Å²) in [5.74, 6) is 0.111. The van der Waals surface area contributed by atoms with Crippen molar-refractivity contribution in [1.29, 1.82) is 0 Å². The lowest BCUT2D eigenvalue weighted by atomic mass is 10.00. The van der Waals surface area contributed by atoms with E-state index in [0.717, 1.165) is 62.3 Å². The molecule has 21 heavy (non-hydrogen) atoms. The maximum absolute atomic E-state index is 12.4. The van der Waals surface area contributed by atoms with Crippen molar-refractivity contribution in [2.24, 2.45) is 0 Å². The molecule has 5 nitrogen and oxygen atoms in total. The Morgan fingerprint density at radius 1 is 1.43 bits per heavy atom. The van der Waals surface area contributed by atoms with Crippen LogP contribution >= 0.6 is 0 Å². The van der Waals surface area contributed by atoms with E-state index < -0.39 is 0 Å². The van der Waals surface area contributed by atoms with Crippen molar-refractivity contribution in [3.8, 4) is 0 Å². The van der Waals surface area contributed by atoms with Crippen LogP contribution in [0.2, 0.25) is 0 Å². The number of carbonyl (C=O) groups is 1.